The molecule has 0 radical (unpaired) electrons. The van der Waals surface area contributed by atoms with E-state index in [0.717, 1.165) is 38.0 Å². The van der Waals surface area contributed by atoms with Crippen LogP contribution in [0.25, 0.3) is 10.9 Å². The molecule has 2 aromatic carbocycles. The minimum absolute atomic E-state index is 0.164. The number of aromatic nitrogens is 1. The van der Waals surface area contributed by atoms with Crippen LogP contribution < -0.4 is 5.32 Å². The van der Waals surface area contributed by atoms with Crippen LogP contribution in [0.5, 0.6) is 0 Å². The van der Waals surface area contributed by atoms with Gasteiger partial charge in [0, 0.05) is 37.1 Å². The van der Waals surface area contributed by atoms with E-state index in [1.54, 1.807) is 12.1 Å². The fraction of sp³-hybridized carbons (Fsp3) is 0.263. The minimum Gasteiger partial charge on any atom is -0.343 e. The third-order valence-electron chi connectivity index (χ3n) is 4.44. The monoisotopic (exact) mass is 294 g/mol. The predicted octanol–water partition coefficient (Wildman–Crippen LogP) is 3.52. The van der Waals surface area contributed by atoms with Crippen LogP contribution in [0.15, 0.2) is 48.5 Å². The average Bonchev–Trinajstić information content (AvgIpc) is 2.71. The maximum atomic E-state index is 13.4. The lowest BCUT2D eigenvalue weighted by Gasteiger charge is -2.11. The average molecular weight is 294 g/mol. The van der Waals surface area contributed by atoms with Crippen LogP contribution >= 0.6 is 0 Å². The number of fused-ring (bicyclic) bond motifs is 3. The quantitative estimate of drug-likeness (QED) is 0.765. The van der Waals surface area contributed by atoms with Gasteiger partial charge in [-0.15, -0.1) is 0 Å². The summed E-state index contributed by atoms with van der Waals surface area (Å²) in [6, 6.07) is 15.7. The van der Waals surface area contributed by atoms with Gasteiger partial charge in [0.05, 0.1) is 5.52 Å². The highest BCUT2D eigenvalue weighted by atomic mass is 19.1. The third kappa shape index (κ3) is 2.42. The maximum Gasteiger partial charge on any atom is 0.123 e. The van der Waals surface area contributed by atoms with Crippen LogP contribution in [0, 0.1) is 5.82 Å². The Morgan fingerprint density at radius 1 is 1.05 bits per heavy atom. The fourth-order valence-corrected chi connectivity index (χ4v) is 3.46. The highest BCUT2D eigenvalue weighted by molar-refractivity contribution is 5.85. The first-order valence-corrected chi connectivity index (χ1v) is 7.86. The Morgan fingerprint density at radius 2 is 1.95 bits per heavy atom. The van der Waals surface area contributed by atoms with Crippen molar-refractivity contribution in [2.24, 2.45) is 0 Å². The van der Waals surface area contributed by atoms with E-state index >= 15 is 0 Å². The number of hydrogen-bond donors (Lipinski definition) is 1. The van der Waals surface area contributed by atoms with Gasteiger partial charge >= 0.3 is 0 Å². The minimum atomic E-state index is -0.164. The number of halogens is 1. The molecule has 22 heavy (non-hydrogen) atoms. The molecule has 4 rings (SSSR count). The van der Waals surface area contributed by atoms with E-state index < -0.39 is 0 Å². The van der Waals surface area contributed by atoms with Gasteiger partial charge in [-0.2, -0.15) is 0 Å². The molecule has 0 amide bonds. The molecule has 1 N–H and O–H groups in total. The van der Waals surface area contributed by atoms with Crippen molar-refractivity contribution >= 4 is 10.9 Å². The highest BCUT2D eigenvalue weighted by Gasteiger charge is 2.14. The van der Waals surface area contributed by atoms with E-state index in [2.05, 4.69) is 34.1 Å². The summed E-state index contributed by atoms with van der Waals surface area (Å²) in [4.78, 5) is 0. The summed E-state index contributed by atoms with van der Waals surface area (Å²) in [6.07, 6.45) is 1.83. The van der Waals surface area contributed by atoms with Crippen molar-refractivity contribution in [3.05, 3.63) is 71.2 Å². The Labute approximate surface area is 129 Å². The first-order chi connectivity index (χ1) is 10.8. The van der Waals surface area contributed by atoms with Crippen LogP contribution in [0.4, 0.5) is 4.39 Å². The standard InChI is InChI=1S/C19H19FN2/c20-17-6-1-3-14(12-17)11-15-4-2-5-16-13-18-7-8-21-9-10-22(18)19(15)16/h1-6,12-13,21H,7-11H2. The Morgan fingerprint density at radius 3 is 2.86 bits per heavy atom. The van der Waals surface area contributed by atoms with Crippen LogP contribution in [-0.4, -0.2) is 17.7 Å². The first-order valence-electron chi connectivity index (χ1n) is 7.86. The number of benzene rings is 2. The van der Waals surface area contributed by atoms with E-state index in [1.807, 2.05) is 6.07 Å². The summed E-state index contributed by atoms with van der Waals surface area (Å²) in [5.41, 5.74) is 5.00. The van der Waals surface area contributed by atoms with Crippen LogP contribution in [0.2, 0.25) is 0 Å². The van der Waals surface area contributed by atoms with Crippen molar-refractivity contribution in [1.29, 1.82) is 0 Å². The Hall–Kier alpha value is -2.13. The second kappa shape index (κ2) is 5.58. The van der Waals surface area contributed by atoms with Gasteiger partial charge in [-0.1, -0.05) is 30.3 Å². The molecule has 112 valence electrons. The smallest absolute Gasteiger partial charge is 0.123 e. The molecule has 3 aromatic rings. The second-order valence-electron chi connectivity index (χ2n) is 5.95. The summed E-state index contributed by atoms with van der Waals surface area (Å²) in [5.74, 6) is -0.164. The molecule has 2 heterocycles. The molecule has 0 saturated carbocycles. The summed E-state index contributed by atoms with van der Waals surface area (Å²) < 4.78 is 15.9. The van der Waals surface area contributed by atoms with Crippen LogP contribution in [0.3, 0.4) is 0 Å². The third-order valence-corrected chi connectivity index (χ3v) is 4.44. The Kier molecular flexibility index (Phi) is 3.43. The molecule has 3 heteroatoms. The molecule has 1 aromatic heterocycles. The summed E-state index contributed by atoms with van der Waals surface area (Å²) in [5, 5.41) is 4.75. The molecule has 0 bridgehead atoms. The largest absolute Gasteiger partial charge is 0.343 e. The fourth-order valence-electron chi connectivity index (χ4n) is 3.46. The summed E-state index contributed by atoms with van der Waals surface area (Å²) >= 11 is 0. The molecular weight excluding hydrogens is 275 g/mol. The van der Waals surface area contributed by atoms with E-state index in [-0.39, 0.29) is 5.82 Å². The number of rotatable bonds is 2. The van der Waals surface area contributed by atoms with Gasteiger partial charge in [-0.05, 0) is 35.7 Å². The van der Waals surface area contributed by atoms with Gasteiger partial charge in [0.1, 0.15) is 5.82 Å². The Balaban J connectivity index is 1.82. The predicted molar refractivity (Wildman–Crippen MR) is 87.7 cm³/mol. The maximum absolute atomic E-state index is 13.4. The zero-order valence-corrected chi connectivity index (χ0v) is 12.5. The van der Waals surface area contributed by atoms with Gasteiger partial charge in [0.25, 0.3) is 0 Å². The molecule has 0 fully saturated rings. The normalized spacial score (nSPS) is 14.8. The topological polar surface area (TPSA) is 17.0 Å². The molecule has 1 aliphatic rings. The van der Waals surface area contributed by atoms with E-state index in [0.29, 0.717) is 0 Å². The number of hydrogen-bond acceptors (Lipinski definition) is 1. The molecule has 0 aliphatic carbocycles. The van der Waals surface area contributed by atoms with Crippen molar-refractivity contribution < 1.29 is 4.39 Å². The lowest BCUT2D eigenvalue weighted by Crippen LogP contribution is -2.17. The number of nitrogens with zero attached hydrogens (tertiary/aromatic N) is 1. The van der Waals surface area contributed by atoms with Gasteiger partial charge < -0.3 is 9.88 Å². The molecule has 0 unspecified atom stereocenters. The summed E-state index contributed by atoms with van der Waals surface area (Å²) in [7, 11) is 0. The van der Waals surface area contributed by atoms with Crippen LogP contribution in [-0.2, 0) is 19.4 Å². The van der Waals surface area contributed by atoms with Gasteiger partial charge in [-0.25, -0.2) is 4.39 Å². The van der Waals surface area contributed by atoms with E-state index in [9.17, 15) is 4.39 Å². The lowest BCUT2D eigenvalue weighted by atomic mass is 10.0. The molecule has 2 nitrogen and oxygen atoms in total. The van der Waals surface area contributed by atoms with Crippen LogP contribution in [0.1, 0.15) is 16.8 Å². The van der Waals surface area contributed by atoms with E-state index in [1.165, 1.54) is 28.2 Å². The molecule has 1 aliphatic heterocycles. The highest BCUT2D eigenvalue weighted by Crippen LogP contribution is 2.26. The van der Waals surface area contributed by atoms with E-state index in [4.69, 9.17) is 0 Å². The van der Waals surface area contributed by atoms with Gasteiger partial charge in [-0.3, -0.25) is 0 Å². The van der Waals surface area contributed by atoms with Gasteiger partial charge in [0.2, 0.25) is 0 Å². The SMILES string of the molecule is Fc1cccc(Cc2cccc3cc4n(c23)CCNCC4)c1. The zero-order chi connectivity index (χ0) is 14.9. The first kappa shape index (κ1) is 13.5. The second-order valence-corrected chi connectivity index (χ2v) is 5.95. The zero-order valence-electron chi connectivity index (χ0n) is 12.5. The number of nitrogens with one attached hydrogen (secondary N) is 1. The summed E-state index contributed by atoms with van der Waals surface area (Å²) in [6.45, 7) is 3.04. The van der Waals surface area contributed by atoms with Crippen molar-refractivity contribution in [2.75, 3.05) is 13.1 Å². The van der Waals surface area contributed by atoms with Crippen molar-refractivity contribution in [3.63, 3.8) is 0 Å². The van der Waals surface area contributed by atoms with Crippen molar-refractivity contribution in [1.82, 2.24) is 9.88 Å². The lowest BCUT2D eigenvalue weighted by molar-refractivity contribution is 0.626. The van der Waals surface area contributed by atoms with Crippen molar-refractivity contribution in [3.8, 4) is 0 Å². The van der Waals surface area contributed by atoms with Crippen molar-refractivity contribution in [2.45, 2.75) is 19.4 Å². The number of para-hydroxylation sites is 1. The van der Waals surface area contributed by atoms with Gasteiger partial charge in [0.15, 0.2) is 0 Å². The molecule has 0 atom stereocenters. The molecule has 0 saturated heterocycles. The molecular formula is C19H19FN2. The Bertz CT molecular complexity index is 819. The molecule has 0 spiro atoms.